The number of amides is 1. The summed E-state index contributed by atoms with van der Waals surface area (Å²) in [6, 6.07) is 30.5. The lowest BCUT2D eigenvalue weighted by atomic mass is 10.0. The van der Waals surface area contributed by atoms with Crippen LogP contribution in [0.1, 0.15) is 43.5 Å². The zero-order valence-electron chi connectivity index (χ0n) is 25.2. The summed E-state index contributed by atoms with van der Waals surface area (Å²) in [5.74, 6) is 0. The topological polar surface area (TPSA) is 108 Å². The van der Waals surface area contributed by atoms with Gasteiger partial charge < -0.3 is 14.7 Å². The van der Waals surface area contributed by atoms with Gasteiger partial charge in [0.1, 0.15) is 11.3 Å². The average Bonchev–Trinajstić information content (AvgIpc) is 3.84. The highest BCUT2D eigenvalue weighted by atomic mass is 16.6. The van der Waals surface area contributed by atoms with Crippen LogP contribution in [0, 0.1) is 0 Å². The molecule has 3 aromatic heterocycles. The van der Waals surface area contributed by atoms with Crippen LogP contribution in [0.4, 0.5) is 10.5 Å². The van der Waals surface area contributed by atoms with Crippen LogP contribution in [0.5, 0.6) is 0 Å². The van der Waals surface area contributed by atoms with Crippen LogP contribution in [0.2, 0.25) is 0 Å². The molecule has 45 heavy (non-hydrogen) atoms. The van der Waals surface area contributed by atoms with Crippen molar-refractivity contribution in [3.05, 3.63) is 114 Å². The van der Waals surface area contributed by atoms with E-state index in [2.05, 4.69) is 57.2 Å². The zero-order valence-corrected chi connectivity index (χ0v) is 25.2. The van der Waals surface area contributed by atoms with E-state index in [-0.39, 0.29) is 0 Å². The first-order valence-corrected chi connectivity index (χ1v) is 14.8. The van der Waals surface area contributed by atoms with Crippen LogP contribution in [0.3, 0.4) is 0 Å². The number of benzene rings is 2. The number of aromatic amines is 2. The summed E-state index contributed by atoms with van der Waals surface area (Å²) in [5.41, 5.74) is 16.3. The predicted octanol–water partition coefficient (Wildman–Crippen LogP) is 8.84. The molecule has 8 nitrogen and oxygen atoms in total. The standard InChI is InChI=1S/C37H32N6O2/c1-37(2,3)45-36(44)43-42-35-31-20-18-29(40-31)33(23-10-6-4-7-11-23)27-16-14-25(38-27)22-26-15-17-28(39-26)34(24-12-8-5-9-13-24)30-19-21-32(35)41-30/h4-22,38,41-42H,1-3H3,(H,43,44). The van der Waals surface area contributed by atoms with Crippen molar-refractivity contribution >= 4 is 58.2 Å². The van der Waals surface area contributed by atoms with Gasteiger partial charge in [0.05, 0.1) is 28.3 Å². The van der Waals surface area contributed by atoms with E-state index in [0.29, 0.717) is 11.4 Å². The molecule has 2 aliphatic rings. The van der Waals surface area contributed by atoms with Gasteiger partial charge >= 0.3 is 6.09 Å². The molecule has 0 saturated heterocycles. The van der Waals surface area contributed by atoms with Gasteiger partial charge in [-0.1, -0.05) is 60.7 Å². The third-order valence-electron chi connectivity index (χ3n) is 7.39. The van der Waals surface area contributed by atoms with Gasteiger partial charge in [-0.15, -0.1) is 0 Å². The zero-order chi connectivity index (χ0) is 31.0. The Hall–Kier alpha value is -5.89. The fourth-order valence-electron chi connectivity index (χ4n) is 5.51. The number of fused-ring (bicyclic) bond motifs is 8. The highest BCUT2D eigenvalue weighted by molar-refractivity contribution is 5.96. The van der Waals surface area contributed by atoms with Crippen molar-refractivity contribution in [2.24, 2.45) is 0 Å². The summed E-state index contributed by atoms with van der Waals surface area (Å²) in [7, 11) is 0. The van der Waals surface area contributed by atoms with Crippen molar-refractivity contribution in [3.63, 3.8) is 0 Å². The van der Waals surface area contributed by atoms with Gasteiger partial charge in [-0.25, -0.2) is 20.2 Å². The SMILES string of the molecule is CC(C)(C)OC(=O)NNc1c2nc(c(-c3ccccc3)c3ccc(cc4nc(c(-c5ccccc5)c5ccc1[nH]5)C=C4)[nH]3)C=C2. The average molecular weight is 593 g/mol. The van der Waals surface area contributed by atoms with Crippen molar-refractivity contribution < 1.29 is 9.53 Å². The van der Waals surface area contributed by atoms with Crippen LogP contribution in [0.15, 0.2) is 91.0 Å². The molecule has 0 saturated carbocycles. The predicted molar refractivity (Wildman–Crippen MR) is 183 cm³/mol. The molecule has 0 fully saturated rings. The van der Waals surface area contributed by atoms with Crippen molar-refractivity contribution in [2.45, 2.75) is 26.4 Å². The molecule has 1 amide bonds. The molecule has 0 aliphatic carbocycles. The third-order valence-corrected chi connectivity index (χ3v) is 7.39. The number of nitrogens with zero attached hydrogens (tertiary/aromatic N) is 2. The number of carbonyl (C=O) groups is 1. The highest BCUT2D eigenvalue weighted by Gasteiger charge is 2.18. The Morgan fingerprint density at radius 2 is 1.24 bits per heavy atom. The number of ether oxygens (including phenoxy) is 1. The fraction of sp³-hybridized carbons (Fsp3) is 0.108. The summed E-state index contributed by atoms with van der Waals surface area (Å²) < 4.78 is 5.50. The summed E-state index contributed by atoms with van der Waals surface area (Å²) in [5, 5.41) is 0. The Bertz CT molecular complexity index is 2100. The molecule has 8 heteroatoms. The van der Waals surface area contributed by atoms with E-state index < -0.39 is 11.7 Å². The van der Waals surface area contributed by atoms with E-state index in [0.717, 1.165) is 61.4 Å². The van der Waals surface area contributed by atoms with Crippen LogP contribution in [0.25, 0.3) is 68.6 Å². The number of anilines is 1. The number of rotatable bonds is 4. The first kappa shape index (κ1) is 27.9. The van der Waals surface area contributed by atoms with Gasteiger partial charge in [-0.2, -0.15) is 0 Å². The van der Waals surface area contributed by atoms with Gasteiger partial charge in [-0.05, 0) is 86.5 Å². The molecule has 2 aromatic carbocycles. The number of H-pyrrole nitrogens is 2. The van der Waals surface area contributed by atoms with Crippen molar-refractivity contribution in [1.29, 1.82) is 0 Å². The minimum atomic E-state index is -0.654. The van der Waals surface area contributed by atoms with E-state index >= 15 is 0 Å². The lowest BCUT2D eigenvalue weighted by Gasteiger charge is -2.20. The second kappa shape index (κ2) is 11.3. The smallest absolute Gasteiger partial charge is 0.426 e. The molecule has 4 N–H and O–H groups in total. The van der Waals surface area contributed by atoms with Gasteiger partial charge in [0.25, 0.3) is 0 Å². The molecule has 0 radical (unpaired) electrons. The molecule has 7 rings (SSSR count). The monoisotopic (exact) mass is 592 g/mol. The van der Waals surface area contributed by atoms with E-state index in [1.807, 2.05) is 99.7 Å². The van der Waals surface area contributed by atoms with Crippen LogP contribution < -0.4 is 10.9 Å². The fourth-order valence-corrected chi connectivity index (χ4v) is 5.51. The molecule has 222 valence electrons. The highest BCUT2D eigenvalue weighted by Crippen LogP contribution is 2.34. The Balaban J connectivity index is 1.53. The molecule has 5 aromatic rings. The van der Waals surface area contributed by atoms with Crippen molar-refractivity contribution in [3.8, 4) is 22.3 Å². The first-order valence-electron chi connectivity index (χ1n) is 14.8. The van der Waals surface area contributed by atoms with Crippen molar-refractivity contribution in [1.82, 2.24) is 25.4 Å². The Morgan fingerprint density at radius 1 is 0.667 bits per heavy atom. The quantitative estimate of drug-likeness (QED) is 0.153. The maximum atomic E-state index is 12.7. The Kier molecular flexibility index (Phi) is 7.02. The number of nitrogens with one attached hydrogen (secondary N) is 4. The maximum Gasteiger partial charge on any atom is 0.426 e. The molecule has 2 aliphatic heterocycles. The Morgan fingerprint density at radius 3 is 1.93 bits per heavy atom. The van der Waals surface area contributed by atoms with E-state index in [1.165, 1.54) is 0 Å². The Labute approximate surface area is 260 Å². The van der Waals surface area contributed by atoms with Gasteiger partial charge in [-0.3, -0.25) is 5.43 Å². The number of carbonyl (C=O) groups excluding carboxylic acids is 1. The van der Waals surface area contributed by atoms with E-state index in [1.54, 1.807) is 0 Å². The lowest BCUT2D eigenvalue weighted by Crippen LogP contribution is -2.36. The molecule has 0 atom stereocenters. The van der Waals surface area contributed by atoms with Gasteiger partial charge in [0, 0.05) is 27.7 Å². The van der Waals surface area contributed by atoms with Crippen LogP contribution in [-0.2, 0) is 4.74 Å². The number of hydrogen-bond donors (Lipinski definition) is 4. The number of hydrogen-bond acceptors (Lipinski definition) is 5. The minimum absolute atomic E-state index is 0.585. The lowest BCUT2D eigenvalue weighted by molar-refractivity contribution is 0.0541. The molecular weight excluding hydrogens is 560 g/mol. The summed E-state index contributed by atoms with van der Waals surface area (Å²) >= 11 is 0. The normalized spacial score (nSPS) is 12.2. The summed E-state index contributed by atoms with van der Waals surface area (Å²) in [6.45, 7) is 5.47. The number of hydrazine groups is 1. The largest absolute Gasteiger partial charge is 0.443 e. The van der Waals surface area contributed by atoms with E-state index in [9.17, 15) is 4.79 Å². The molecule has 0 unspecified atom stereocenters. The van der Waals surface area contributed by atoms with Crippen LogP contribution in [-0.4, -0.2) is 31.6 Å². The number of aromatic nitrogens is 4. The molecule has 0 spiro atoms. The maximum absolute atomic E-state index is 12.7. The molecular formula is C37H32N6O2. The second-order valence-electron chi connectivity index (χ2n) is 11.8. The van der Waals surface area contributed by atoms with Crippen LogP contribution >= 0.6 is 0 Å². The molecule has 5 heterocycles. The van der Waals surface area contributed by atoms with Gasteiger partial charge in [0.2, 0.25) is 0 Å². The van der Waals surface area contributed by atoms with E-state index in [4.69, 9.17) is 14.7 Å². The minimum Gasteiger partial charge on any atom is -0.443 e. The second-order valence-corrected chi connectivity index (χ2v) is 11.8. The summed E-state index contributed by atoms with van der Waals surface area (Å²) in [4.78, 5) is 30.0. The molecule has 8 bridgehead atoms. The van der Waals surface area contributed by atoms with Gasteiger partial charge in [0.15, 0.2) is 0 Å². The van der Waals surface area contributed by atoms with Crippen molar-refractivity contribution in [2.75, 3.05) is 5.43 Å². The first-order chi connectivity index (χ1) is 21.8. The third kappa shape index (κ3) is 5.86. The summed E-state index contributed by atoms with van der Waals surface area (Å²) in [6.07, 6.45) is 7.40.